The number of nitrogens with zero attached hydrogens (tertiary/aromatic N) is 6. The van der Waals surface area contributed by atoms with Crippen molar-refractivity contribution in [2.45, 2.75) is 20.5 Å². The summed E-state index contributed by atoms with van der Waals surface area (Å²) in [6.45, 7) is 3.78. The summed E-state index contributed by atoms with van der Waals surface area (Å²) >= 11 is 0. The Hall–Kier alpha value is -3.95. The number of hydrogen-bond donors (Lipinski definition) is 0. The van der Waals surface area contributed by atoms with E-state index in [1.807, 2.05) is 39.1 Å². The van der Waals surface area contributed by atoms with Gasteiger partial charge in [0.1, 0.15) is 18.2 Å². The Kier molecular flexibility index (Phi) is 5.52. The molecule has 0 N–H and O–H groups in total. The first kappa shape index (κ1) is 21.3. The highest BCUT2D eigenvalue weighted by Gasteiger charge is 2.17. The molecular formula is C22H23FN6O3. The van der Waals surface area contributed by atoms with Crippen molar-refractivity contribution in [3.05, 3.63) is 69.4 Å². The molecule has 0 aliphatic rings. The Morgan fingerprint density at radius 1 is 1.06 bits per heavy atom. The fourth-order valence-electron chi connectivity index (χ4n) is 3.64. The van der Waals surface area contributed by atoms with E-state index in [0.29, 0.717) is 11.6 Å². The third kappa shape index (κ3) is 3.64. The molecule has 0 saturated carbocycles. The van der Waals surface area contributed by atoms with Crippen molar-refractivity contribution in [3.63, 3.8) is 0 Å². The smallest absolute Gasteiger partial charge is 0.368 e. The fourth-order valence-corrected chi connectivity index (χ4v) is 3.64. The molecule has 4 rings (SSSR count). The molecule has 10 heteroatoms. The van der Waals surface area contributed by atoms with Crippen LogP contribution in [0, 0.1) is 19.7 Å². The molecule has 4 aromatic rings. The van der Waals surface area contributed by atoms with E-state index in [4.69, 9.17) is 9.47 Å². The molecule has 0 unspecified atom stereocenters. The molecule has 0 saturated heterocycles. The fraction of sp³-hybridized carbons (Fsp3) is 0.273. The number of aromatic nitrogens is 6. The van der Waals surface area contributed by atoms with E-state index in [0.717, 1.165) is 31.7 Å². The van der Waals surface area contributed by atoms with Gasteiger partial charge in [-0.1, -0.05) is 6.07 Å². The zero-order valence-electron chi connectivity index (χ0n) is 18.5. The van der Waals surface area contributed by atoms with E-state index >= 15 is 0 Å². The number of halogens is 1. The van der Waals surface area contributed by atoms with E-state index < -0.39 is 11.5 Å². The van der Waals surface area contributed by atoms with Gasteiger partial charge < -0.3 is 9.47 Å². The third-order valence-corrected chi connectivity index (χ3v) is 5.28. The maximum absolute atomic E-state index is 14.6. The van der Waals surface area contributed by atoms with Crippen LogP contribution in [0.3, 0.4) is 0 Å². The van der Waals surface area contributed by atoms with Gasteiger partial charge in [0.2, 0.25) is 5.88 Å². The highest BCUT2D eigenvalue weighted by Crippen LogP contribution is 2.32. The molecule has 166 valence electrons. The number of ether oxygens (including phenoxy) is 2. The summed E-state index contributed by atoms with van der Waals surface area (Å²) in [6.07, 6.45) is 0. The Bertz CT molecular complexity index is 1350. The Balaban J connectivity index is 1.62. The molecule has 0 fully saturated rings. The molecule has 2 aromatic heterocycles. The minimum Gasteiger partial charge on any atom is -0.488 e. The van der Waals surface area contributed by atoms with E-state index in [1.54, 1.807) is 17.9 Å². The van der Waals surface area contributed by atoms with E-state index in [1.165, 1.54) is 19.2 Å². The molecule has 0 spiro atoms. The Labute approximate surface area is 183 Å². The van der Waals surface area contributed by atoms with Gasteiger partial charge in [-0.3, -0.25) is 0 Å². The van der Waals surface area contributed by atoms with Crippen LogP contribution in [0.4, 0.5) is 4.39 Å². The van der Waals surface area contributed by atoms with Gasteiger partial charge in [-0.2, -0.15) is 14.5 Å². The highest BCUT2D eigenvalue weighted by molar-refractivity contribution is 5.67. The maximum atomic E-state index is 14.6. The predicted octanol–water partition coefficient (Wildman–Crippen LogP) is 2.71. The van der Waals surface area contributed by atoms with Gasteiger partial charge in [0, 0.05) is 25.2 Å². The van der Waals surface area contributed by atoms with Gasteiger partial charge >= 0.3 is 5.69 Å². The summed E-state index contributed by atoms with van der Waals surface area (Å²) in [7, 11) is 4.92. The van der Waals surface area contributed by atoms with Crippen LogP contribution >= 0.6 is 0 Å². The van der Waals surface area contributed by atoms with Crippen LogP contribution in [-0.2, 0) is 20.7 Å². The lowest BCUT2D eigenvalue weighted by Gasteiger charge is -2.13. The number of benzene rings is 2. The van der Waals surface area contributed by atoms with Crippen LogP contribution in [-0.4, -0.2) is 36.7 Å². The van der Waals surface area contributed by atoms with Gasteiger partial charge in [-0.05, 0) is 60.2 Å². The van der Waals surface area contributed by atoms with Gasteiger partial charge in [0.15, 0.2) is 0 Å². The number of methoxy groups -OCH3 is 1. The van der Waals surface area contributed by atoms with E-state index in [2.05, 4.69) is 15.5 Å². The molecule has 0 amide bonds. The van der Waals surface area contributed by atoms with Gasteiger partial charge in [0.05, 0.1) is 24.1 Å². The summed E-state index contributed by atoms with van der Waals surface area (Å²) in [4.78, 5) is 12.2. The first-order valence-electron chi connectivity index (χ1n) is 9.90. The standard InChI is InChI=1S/C22H23FN6O3/c1-13-11-15(20-14(2)21(31-5)27(3)24-20)9-10-19(13)32-12-16-17(23)7-6-8-18(16)29-22(30)28(4)25-26-29/h6-11H,12H2,1-5H3. The minimum absolute atomic E-state index is 0.0817. The average Bonchev–Trinajstić information content (AvgIpc) is 3.25. The first-order valence-corrected chi connectivity index (χ1v) is 9.90. The second-order valence-corrected chi connectivity index (χ2v) is 7.41. The number of rotatable bonds is 6. The summed E-state index contributed by atoms with van der Waals surface area (Å²) in [5.74, 6) is 0.796. The highest BCUT2D eigenvalue weighted by atomic mass is 19.1. The third-order valence-electron chi connectivity index (χ3n) is 5.28. The minimum atomic E-state index is -0.495. The van der Waals surface area contributed by atoms with Crippen LogP contribution in [0.15, 0.2) is 41.2 Å². The molecule has 9 nitrogen and oxygen atoms in total. The van der Waals surface area contributed by atoms with Crippen molar-refractivity contribution < 1.29 is 13.9 Å². The molecule has 0 bridgehead atoms. The van der Waals surface area contributed by atoms with E-state index in [-0.39, 0.29) is 17.9 Å². The number of aryl methyl sites for hydroxylation is 3. The molecule has 0 aliphatic heterocycles. The summed E-state index contributed by atoms with van der Waals surface area (Å²) in [5.41, 5.74) is 3.56. The van der Waals surface area contributed by atoms with E-state index in [9.17, 15) is 9.18 Å². The van der Waals surface area contributed by atoms with Crippen LogP contribution < -0.4 is 15.2 Å². The topological polar surface area (TPSA) is 89.0 Å². The molecule has 0 aliphatic carbocycles. The second kappa shape index (κ2) is 8.29. The van der Waals surface area contributed by atoms with Crippen LogP contribution in [0.2, 0.25) is 0 Å². The quantitative estimate of drug-likeness (QED) is 0.460. The maximum Gasteiger partial charge on any atom is 0.368 e. The van der Waals surface area contributed by atoms with Crippen molar-refractivity contribution >= 4 is 0 Å². The first-order chi connectivity index (χ1) is 15.3. The lowest BCUT2D eigenvalue weighted by molar-refractivity contribution is 0.297. The number of tetrazole rings is 1. The summed E-state index contributed by atoms with van der Waals surface area (Å²) in [5, 5.41) is 12.0. The normalized spacial score (nSPS) is 11.1. The zero-order valence-corrected chi connectivity index (χ0v) is 18.5. The second-order valence-electron chi connectivity index (χ2n) is 7.41. The number of hydrogen-bond acceptors (Lipinski definition) is 6. The Morgan fingerprint density at radius 3 is 2.47 bits per heavy atom. The molecule has 2 heterocycles. The van der Waals surface area contributed by atoms with Crippen molar-refractivity contribution in [1.29, 1.82) is 0 Å². The average molecular weight is 438 g/mol. The summed E-state index contributed by atoms with van der Waals surface area (Å²) in [6, 6.07) is 10.1. The van der Waals surface area contributed by atoms with Crippen molar-refractivity contribution in [2.24, 2.45) is 14.1 Å². The van der Waals surface area contributed by atoms with Crippen LogP contribution in [0.5, 0.6) is 11.6 Å². The molecule has 2 aromatic carbocycles. The van der Waals surface area contributed by atoms with Gasteiger partial charge in [-0.15, -0.1) is 0 Å². The molecule has 0 radical (unpaired) electrons. The van der Waals surface area contributed by atoms with Gasteiger partial charge in [0.25, 0.3) is 0 Å². The van der Waals surface area contributed by atoms with Gasteiger partial charge in [-0.25, -0.2) is 13.9 Å². The SMILES string of the molecule is COc1c(C)c(-c2ccc(OCc3c(F)cccc3-n3nnn(C)c3=O)c(C)c2)nn1C. The largest absolute Gasteiger partial charge is 0.488 e. The van der Waals surface area contributed by atoms with Crippen LogP contribution in [0.25, 0.3) is 16.9 Å². The van der Waals surface area contributed by atoms with Crippen molar-refractivity contribution in [3.8, 4) is 28.6 Å². The van der Waals surface area contributed by atoms with Crippen LogP contribution in [0.1, 0.15) is 16.7 Å². The lowest BCUT2D eigenvalue weighted by Crippen LogP contribution is -2.23. The Morgan fingerprint density at radius 2 is 1.84 bits per heavy atom. The summed E-state index contributed by atoms with van der Waals surface area (Å²) < 4.78 is 29.7. The van der Waals surface area contributed by atoms with Crippen molar-refractivity contribution in [1.82, 2.24) is 29.6 Å². The lowest BCUT2D eigenvalue weighted by atomic mass is 10.1. The molecule has 32 heavy (non-hydrogen) atoms. The monoisotopic (exact) mass is 438 g/mol. The van der Waals surface area contributed by atoms with Crippen molar-refractivity contribution in [2.75, 3.05) is 7.11 Å². The molecule has 0 atom stereocenters. The predicted molar refractivity (Wildman–Crippen MR) is 116 cm³/mol. The zero-order chi connectivity index (χ0) is 23.0. The molecular weight excluding hydrogens is 415 g/mol.